The van der Waals surface area contributed by atoms with Crippen molar-refractivity contribution < 1.29 is 18.5 Å². The zero-order valence-corrected chi connectivity index (χ0v) is 38.8. The van der Waals surface area contributed by atoms with E-state index in [-0.39, 0.29) is 18.5 Å². The highest BCUT2D eigenvalue weighted by molar-refractivity contribution is 8.00. The van der Waals surface area contributed by atoms with Crippen LogP contribution in [-0.2, 0) is 27.2 Å². The topological polar surface area (TPSA) is 146 Å². The van der Waals surface area contributed by atoms with E-state index in [4.69, 9.17) is 30.1 Å². The number of carbonyl (C=O) groups is 3. The van der Waals surface area contributed by atoms with E-state index >= 15 is 9.70 Å². The molecule has 5 N–H and O–H groups in total. The van der Waals surface area contributed by atoms with Crippen molar-refractivity contribution >= 4 is 59.6 Å². The summed E-state index contributed by atoms with van der Waals surface area (Å²) in [5.74, 6) is -3.34. The van der Waals surface area contributed by atoms with Gasteiger partial charge in [0.15, 0.2) is 10.5 Å². The summed E-state index contributed by atoms with van der Waals surface area (Å²) >= 11 is 13.8. The molecular formula is C44H64ClN9O4S2. The number of hydrazine groups is 1. The minimum Gasteiger partial charge on any atom is -0.399 e. The molecule has 1 fully saturated rings. The van der Waals surface area contributed by atoms with Gasteiger partial charge in [0, 0.05) is 59.1 Å². The van der Waals surface area contributed by atoms with Crippen LogP contribution in [0.1, 0.15) is 96.0 Å². The quantitative estimate of drug-likeness (QED) is 0.0392. The van der Waals surface area contributed by atoms with Crippen LogP contribution in [0.2, 0.25) is 5.02 Å². The second-order valence-corrected chi connectivity index (χ2v) is 17.6. The zero-order valence-electron chi connectivity index (χ0n) is 36.4. The predicted octanol–water partition coefficient (Wildman–Crippen LogP) is 6.72. The van der Waals surface area contributed by atoms with Gasteiger partial charge in [-0.25, -0.2) is 10.0 Å². The number of amides is 3. The molecule has 0 spiro atoms. The maximum Gasteiger partial charge on any atom is 0.335 e. The average molecular weight is 883 g/mol. The lowest BCUT2D eigenvalue weighted by molar-refractivity contribution is -0.544. The number of thioether (sulfide) groups is 1. The molecule has 328 valence electrons. The van der Waals surface area contributed by atoms with Gasteiger partial charge in [-0.15, -0.1) is 11.8 Å². The molecule has 13 nitrogen and oxygen atoms in total. The maximum absolute atomic E-state index is 15.6. The molecule has 1 aliphatic rings. The number of benzene rings is 3. The van der Waals surface area contributed by atoms with Gasteiger partial charge in [-0.3, -0.25) is 29.5 Å². The van der Waals surface area contributed by atoms with E-state index in [0.29, 0.717) is 57.9 Å². The first-order valence-electron chi connectivity index (χ1n) is 21.0. The SMILES string of the molecule is CCCCN(CCCC)N1CC(Sc2ccc(Cl)cc2)(c2ccc(N)cc2)C(NC(C)=O)([N+](=O)[S-])C(NC(=O)CCC)(NC(=O)c2ccccc2)C1(N(C)C)N(CC)CC. The maximum atomic E-state index is 15.6. The smallest absolute Gasteiger partial charge is 0.335 e. The second kappa shape index (κ2) is 21.3. The Labute approximate surface area is 371 Å². The first kappa shape index (κ1) is 48.8. The number of halogens is 1. The summed E-state index contributed by atoms with van der Waals surface area (Å²) in [6.45, 7) is 13.5. The van der Waals surface area contributed by atoms with Crippen molar-refractivity contribution in [1.82, 2.24) is 35.8 Å². The van der Waals surface area contributed by atoms with Crippen molar-refractivity contribution in [2.75, 3.05) is 52.6 Å². The molecule has 4 rings (SSSR count). The van der Waals surface area contributed by atoms with Crippen molar-refractivity contribution in [1.29, 1.82) is 0 Å². The van der Waals surface area contributed by atoms with Crippen molar-refractivity contribution in [2.45, 2.75) is 107 Å². The van der Waals surface area contributed by atoms with E-state index in [9.17, 15) is 9.59 Å². The number of nitrogens with one attached hydrogen (secondary N) is 3. The van der Waals surface area contributed by atoms with Gasteiger partial charge in [0.25, 0.3) is 11.6 Å². The molecule has 3 amide bonds. The fourth-order valence-electron chi connectivity index (χ4n) is 8.83. The van der Waals surface area contributed by atoms with E-state index in [2.05, 4.69) is 44.7 Å². The molecule has 1 heterocycles. The van der Waals surface area contributed by atoms with Crippen LogP contribution < -0.4 is 21.7 Å². The Hall–Kier alpha value is -3.83. The third-order valence-corrected chi connectivity index (χ3v) is 13.4. The number of nitrogens with two attached hydrogens (primary N) is 1. The minimum atomic E-state index is -2.42. The normalized spacial score (nSPS) is 23.1. The molecule has 4 atom stereocenters. The summed E-state index contributed by atoms with van der Waals surface area (Å²) < 4.78 is -1.33. The van der Waals surface area contributed by atoms with E-state index in [1.807, 2.05) is 64.0 Å². The van der Waals surface area contributed by atoms with Gasteiger partial charge < -0.3 is 29.2 Å². The number of rotatable bonds is 21. The van der Waals surface area contributed by atoms with Crippen LogP contribution in [0.3, 0.4) is 0 Å². The molecule has 0 radical (unpaired) electrons. The van der Waals surface area contributed by atoms with Gasteiger partial charge in [0.1, 0.15) is 0 Å². The third kappa shape index (κ3) is 9.18. The number of hydrogen-bond acceptors (Lipinski definition) is 11. The highest BCUT2D eigenvalue weighted by Crippen LogP contribution is 2.61. The Morgan fingerprint density at radius 3 is 1.92 bits per heavy atom. The molecule has 0 aromatic heterocycles. The molecule has 3 aromatic carbocycles. The summed E-state index contributed by atoms with van der Waals surface area (Å²) in [6.07, 6.45) is 3.89. The fourth-order valence-corrected chi connectivity index (χ4v) is 10.9. The van der Waals surface area contributed by atoms with Crippen molar-refractivity contribution in [3.63, 3.8) is 0 Å². The van der Waals surface area contributed by atoms with Crippen molar-refractivity contribution in [3.05, 3.63) is 99.9 Å². The van der Waals surface area contributed by atoms with E-state index in [0.717, 1.165) is 25.7 Å². The number of anilines is 1. The number of nitrogens with zero attached hydrogens (tertiary/aromatic N) is 5. The first-order chi connectivity index (χ1) is 28.6. The van der Waals surface area contributed by atoms with Gasteiger partial charge in [0.05, 0.1) is 0 Å². The largest absolute Gasteiger partial charge is 0.399 e. The highest BCUT2D eigenvalue weighted by atomic mass is 35.5. The molecular weight excluding hydrogens is 818 g/mol. The Morgan fingerprint density at radius 1 is 0.850 bits per heavy atom. The molecule has 4 unspecified atom stereocenters. The third-order valence-electron chi connectivity index (χ3n) is 11.3. The number of nitroso groups, excluding NO2 is 1. The van der Waals surface area contributed by atoms with Crippen LogP contribution in [0.15, 0.2) is 83.8 Å². The summed E-state index contributed by atoms with van der Waals surface area (Å²) in [4.78, 5) is 64.9. The molecule has 0 bridgehead atoms. The number of unbranched alkanes of at least 4 members (excludes halogenated alkanes) is 2. The lowest BCUT2D eigenvalue weighted by atomic mass is 9.67. The van der Waals surface area contributed by atoms with Crippen molar-refractivity contribution in [2.24, 2.45) is 0 Å². The molecule has 60 heavy (non-hydrogen) atoms. The van der Waals surface area contributed by atoms with Crippen LogP contribution in [-0.4, -0.2) is 106 Å². The minimum absolute atomic E-state index is 0.0335. The summed E-state index contributed by atoms with van der Waals surface area (Å²) in [5.41, 5.74) is 2.94. The molecule has 0 saturated carbocycles. The van der Waals surface area contributed by atoms with Gasteiger partial charge in [-0.05, 0) is 101 Å². The van der Waals surface area contributed by atoms with Crippen LogP contribution >= 0.6 is 23.4 Å². The fraction of sp³-hybridized carbons (Fsp3) is 0.523. The Balaban J connectivity index is 2.48. The first-order valence-corrected chi connectivity index (χ1v) is 22.5. The van der Waals surface area contributed by atoms with Crippen LogP contribution in [0.5, 0.6) is 0 Å². The lowest BCUT2D eigenvalue weighted by Crippen LogP contribution is -3.02. The van der Waals surface area contributed by atoms with Gasteiger partial charge in [-0.2, -0.15) is 0 Å². The average Bonchev–Trinajstić information content (AvgIpc) is 3.21. The Bertz CT molecular complexity index is 1900. The van der Waals surface area contributed by atoms with E-state index in [1.54, 1.807) is 54.6 Å². The van der Waals surface area contributed by atoms with Crippen LogP contribution in [0, 0.1) is 4.91 Å². The number of piperidine rings is 1. The second-order valence-electron chi connectivity index (χ2n) is 15.4. The van der Waals surface area contributed by atoms with E-state index in [1.165, 1.54) is 18.7 Å². The summed E-state index contributed by atoms with van der Waals surface area (Å²) in [5, 5.41) is 14.9. The number of nitrogen functional groups attached to an aromatic ring is 1. The molecule has 16 heteroatoms. The summed E-state index contributed by atoms with van der Waals surface area (Å²) in [7, 11) is 3.75. The molecule has 1 saturated heterocycles. The number of likely N-dealkylation sites (N-methyl/N-ethyl adjacent to an activating group) is 2. The highest BCUT2D eigenvalue weighted by Gasteiger charge is 2.87. The molecule has 0 aliphatic carbocycles. The number of carbonyl (C=O) groups excluding carboxylic acids is 3. The zero-order chi connectivity index (χ0) is 44.3. The predicted molar refractivity (Wildman–Crippen MR) is 245 cm³/mol. The van der Waals surface area contributed by atoms with Gasteiger partial charge >= 0.3 is 5.66 Å². The summed E-state index contributed by atoms with van der Waals surface area (Å²) in [6, 6.07) is 23.0. The lowest BCUT2D eigenvalue weighted by Gasteiger charge is -2.72. The standard InChI is InChI=1S/C44H64ClN9O4S2/c1-9-14-30-52(31-15-10-2)53-32-41(35-22-26-37(46)27-23-35,60-38-28-24-36(45)25-29-38)43(54(58)59,47-33(6)55)42(48-39(56)19-11-3,44(53,50(7)8)51(12-4)13-5)49-40(57)34-20-17-16-18-21-34/h16-18,20-29H,9-15,19,30-32,46H2,1-8H3,(H,47,55)(H,48,56)(H,49,57). The van der Waals surface area contributed by atoms with Gasteiger partial charge in [0.2, 0.25) is 11.8 Å². The van der Waals surface area contributed by atoms with Crippen LogP contribution in [0.25, 0.3) is 0 Å². The molecule has 3 aromatic rings. The Morgan fingerprint density at radius 2 is 1.43 bits per heavy atom. The van der Waals surface area contributed by atoms with Crippen LogP contribution in [0.4, 0.5) is 5.69 Å². The van der Waals surface area contributed by atoms with Gasteiger partial charge in [-0.1, -0.05) is 93.6 Å². The number of hydrogen-bond donors (Lipinski definition) is 4. The Kier molecular flexibility index (Phi) is 17.3. The molecule has 1 aliphatic heterocycles. The monoisotopic (exact) mass is 881 g/mol. The van der Waals surface area contributed by atoms with E-state index < -0.39 is 39.6 Å². The van der Waals surface area contributed by atoms with Crippen molar-refractivity contribution in [3.8, 4) is 0 Å².